The summed E-state index contributed by atoms with van der Waals surface area (Å²) < 4.78 is 25.2. The van der Waals surface area contributed by atoms with E-state index in [0.29, 0.717) is 5.56 Å². The highest BCUT2D eigenvalue weighted by atomic mass is 35.5. The van der Waals surface area contributed by atoms with Gasteiger partial charge in [0.05, 0.1) is 6.67 Å². The standard InChI is InChI=1S/C10H13F2N.ClH/c1-7-2-3-8(9(12)6-7)10(13)4-5-11;/h2-3,6,10H,4-5,13H2,1H3;1H/t10-;/m0./s1. The summed E-state index contributed by atoms with van der Waals surface area (Å²) in [5, 5.41) is 0. The third-order valence-electron chi connectivity index (χ3n) is 1.98. The Labute approximate surface area is 88.7 Å². The van der Waals surface area contributed by atoms with E-state index in [1.807, 2.05) is 0 Å². The first-order valence-electron chi connectivity index (χ1n) is 4.22. The van der Waals surface area contributed by atoms with Gasteiger partial charge >= 0.3 is 0 Å². The summed E-state index contributed by atoms with van der Waals surface area (Å²) in [6.07, 6.45) is 0.167. The molecule has 1 aromatic carbocycles. The van der Waals surface area contributed by atoms with Gasteiger partial charge in [0.25, 0.3) is 0 Å². The first-order valence-corrected chi connectivity index (χ1v) is 4.22. The largest absolute Gasteiger partial charge is 0.324 e. The molecule has 0 saturated heterocycles. The lowest BCUT2D eigenvalue weighted by Crippen LogP contribution is -2.12. The lowest BCUT2D eigenvalue weighted by Gasteiger charge is -2.10. The smallest absolute Gasteiger partial charge is 0.128 e. The van der Waals surface area contributed by atoms with Gasteiger partial charge in [0.2, 0.25) is 0 Å². The predicted molar refractivity (Wildman–Crippen MR) is 55.9 cm³/mol. The quantitative estimate of drug-likeness (QED) is 0.835. The Balaban J connectivity index is 0.00000169. The summed E-state index contributed by atoms with van der Waals surface area (Å²) in [7, 11) is 0. The van der Waals surface area contributed by atoms with Crippen LogP contribution in [-0.2, 0) is 0 Å². The fourth-order valence-corrected chi connectivity index (χ4v) is 1.21. The van der Waals surface area contributed by atoms with Crippen molar-refractivity contribution in [3.63, 3.8) is 0 Å². The van der Waals surface area contributed by atoms with E-state index in [-0.39, 0.29) is 24.6 Å². The molecule has 80 valence electrons. The van der Waals surface area contributed by atoms with E-state index in [2.05, 4.69) is 0 Å². The van der Waals surface area contributed by atoms with Crippen molar-refractivity contribution in [3.05, 3.63) is 35.1 Å². The molecule has 0 spiro atoms. The summed E-state index contributed by atoms with van der Waals surface area (Å²) in [4.78, 5) is 0. The molecule has 0 aliphatic carbocycles. The van der Waals surface area contributed by atoms with Gasteiger partial charge in [0.15, 0.2) is 0 Å². The molecular weight excluding hydrogens is 208 g/mol. The molecule has 0 radical (unpaired) electrons. The Morgan fingerprint density at radius 2 is 2.07 bits per heavy atom. The van der Waals surface area contributed by atoms with Gasteiger partial charge in [0, 0.05) is 11.6 Å². The number of hydrogen-bond donors (Lipinski definition) is 1. The zero-order chi connectivity index (χ0) is 9.84. The van der Waals surface area contributed by atoms with Crippen molar-refractivity contribution in [1.29, 1.82) is 0 Å². The molecule has 2 N–H and O–H groups in total. The van der Waals surface area contributed by atoms with Crippen molar-refractivity contribution < 1.29 is 8.78 Å². The maximum atomic E-state index is 13.2. The summed E-state index contributed by atoms with van der Waals surface area (Å²) in [5.41, 5.74) is 6.81. The first-order chi connectivity index (χ1) is 6.15. The van der Waals surface area contributed by atoms with Gasteiger partial charge in [-0.25, -0.2) is 4.39 Å². The van der Waals surface area contributed by atoms with Crippen LogP contribution in [0.3, 0.4) is 0 Å². The number of benzene rings is 1. The topological polar surface area (TPSA) is 26.0 Å². The number of nitrogens with two attached hydrogens (primary N) is 1. The number of rotatable bonds is 3. The minimum absolute atomic E-state index is 0. The van der Waals surface area contributed by atoms with E-state index >= 15 is 0 Å². The number of aryl methyl sites for hydroxylation is 1. The van der Waals surface area contributed by atoms with Crippen LogP contribution < -0.4 is 5.73 Å². The van der Waals surface area contributed by atoms with Crippen molar-refractivity contribution in [1.82, 2.24) is 0 Å². The molecule has 0 aliphatic rings. The van der Waals surface area contributed by atoms with E-state index in [0.717, 1.165) is 5.56 Å². The minimum Gasteiger partial charge on any atom is -0.324 e. The Morgan fingerprint density at radius 1 is 1.43 bits per heavy atom. The minimum atomic E-state index is -0.536. The Bertz CT molecular complexity index is 291. The summed E-state index contributed by atoms with van der Waals surface area (Å²) in [5.74, 6) is -0.346. The SMILES string of the molecule is Cc1ccc([C@@H](N)CCF)c(F)c1.Cl. The van der Waals surface area contributed by atoms with Gasteiger partial charge in [-0.3, -0.25) is 4.39 Å². The fourth-order valence-electron chi connectivity index (χ4n) is 1.21. The monoisotopic (exact) mass is 221 g/mol. The van der Waals surface area contributed by atoms with Crippen molar-refractivity contribution in [2.75, 3.05) is 6.67 Å². The Kier molecular flexibility index (Phi) is 5.65. The molecule has 0 fully saturated rings. The lowest BCUT2D eigenvalue weighted by molar-refractivity contribution is 0.435. The maximum Gasteiger partial charge on any atom is 0.128 e. The average Bonchev–Trinajstić information content (AvgIpc) is 2.04. The molecule has 0 aliphatic heterocycles. The Morgan fingerprint density at radius 3 is 2.57 bits per heavy atom. The van der Waals surface area contributed by atoms with Crippen LogP contribution in [0.5, 0.6) is 0 Å². The predicted octanol–water partition coefficient (Wildman–Crippen LogP) is 2.92. The van der Waals surface area contributed by atoms with Crippen molar-refractivity contribution >= 4 is 12.4 Å². The van der Waals surface area contributed by atoms with Crippen LogP contribution in [0.25, 0.3) is 0 Å². The van der Waals surface area contributed by atoms with Gasteiger partial charge in [-0.2, -0.15) is 0 Å². The number of hydrogen-bond acceptors (Lipinski definition) is 1. The molecule has 0 heterocycles. The zero-order valence-corrected chi connectivity index (χ0v) is 8.78. The van der Waals surface area contributed by atoms with Gasteiger partial charge < -0.3 is 5.73 Å². The van der Waals surface area contributed by atoms with Gasteiger partial charge in [-0.05, 0) is 25.0 Å². The number of alkyl halides is 1. The molecule has 1 atom stereocenters. The van der Waals surface area contributed by atoms with E-state index in [1.165, 1.54) is 6.07 Å². The van der Waals surface area contributed by atoms with Crippen LogP contribution in [-0.4, -0.2) is 6.67 Å². The molecule has 0 saturated carbocycles. The second-order valence-corrected chi connectivity index (χ2v) is 3.11. The van der Waals surface area contributed by atoms with Crippen molar-refractivity contribution in [3.8, 4) is 0 Å². The highest BCUT2D eigenvalue weighted by molar-refractivity contribution is 5.85. The number of halogens is 3. The summed E-state index contributed by atoms with van der Waals surface area (Å²) >= 11 is 0. The van der Waals surface area contributed by atoms with Crippen LogP contribution in [0.2, 0.25) is 0 Å². The third-order valence-corrected chi connectivity index (χ3v) is 1.98. The highest BCUT2D eigenvalue weighted by Gasteiger charge is 2.10. The summed E-state index contributed by atoms with van der Waals surface area (Å²) in [6, 6.07) is 4.26. The Hall–Kier alpha value is -0.670. The first kappa shape index (κ1) is 13.3. The van der Waals surface area contributed by atoms with E-state index in [9.17, 15) is 8.78 Å². The van der Waals surface area contributed by atoms with Crippen molar-refractivity contribution in [2.24, 2.45) is 5.73 Å². The molecule has 1 aromatic rings. The average molecular weight is 222 g/mol. The molecule has 0 aromatic heterocycles. The van der Waals surface area contributed by atoms with E-state index in [1.54, 1.807) is 19.1 Å². The molecule has 1 nitrogen and oxygen atoms in total. The lowest BCUT2D eigenvalue weighted by atomic mass is 10.0. The second-order valence-electron chi connectivity index (χ2n) is 3.11. The van der Waals surface area contributed by atoms with Gasteiger partial charge in [-0.1, -0.05) is 12.1 Å². The molecule has 0 unspecified atom stereocenters. The molecular formula is C10H14ClF2N. The van der Waals surface area contributed by atoms with E-state index < -0.39 is 12.7 Å². The molecule has 1 rings (SSSR count). The van der Waals surface area contributed by atoms with Gasteiger partial charge in [-0.15, -0.1) is 12.4 Å². The van der Waals surface area contributed by atoms with Crippen molar-refractivity contribution in [2.45, 2.75) is 19.4 Å². The normalized spacial score (nSPS) is 12.0. The van der Waals surface area contributed by atoms with Crippen LogP contribution in [0.4, 0.5) is 8.78 Å². The second kappa shape index (κ2) is 5.94. The summed E-state index contributed by atoms with van der Waals surface area (Å²) in [6.45, 7) is 1.28. The fraction of sp³-hybridized carbons (Fsp3) is 0.400. The maximum absolute atomic E-state index is 13.2. The van der Waals surface area contributed by atoms with Crippen LogP contribution in [0.15, 0.2) is 18.2 Å². The highest BCUT2D eigenvalue weighted by Crippen LogP contribution is 2.18. The zero-order valence-electron chi connectivity index (χ0n) is 7.97. The van der Waals surface area contributed by atoms with Crippen LogP contribution >= 0.6 is 12.4 Å². The van der Waals surface area contributed by atoms with E-state index in [4.69, 9.17) is 5.73 Å². The molecule has 0 bridgehead atoms. The third kappa shape index (κ3) is 3.24. The molecule has 0 amide bonds. The van der Waals surface area contributed by atoms with Crippen LogP contribution in [0.1, 0.15) is 23.6 Å². The molecule has 14 heavy (non-hydrogen) atoms. The molecule has 4 heteroatoms. The van der Waals surface area contributed by atoms with Gasteiger partial charge in [0.1, 0.15) is 5.82 Å². The van der Waals surface area contributed by atoms with Crippen LogP contribution in [0, 0.1) is 12.7 Å².